The van der Waals surface area contributed by atoms with E-state index in [1.54, 1.807) is 6.07 Å². The first kappa shape index (κ1) is 19.0. The van der Waals surface area contributed by atoms with E-state index in [9.17, 15) is 17.2 Å². The Labute approximate surface area is 165 Å². The van der Waals surface area contributed by atoms with Gasteiger partial charge in [0.05, 0.1) is 28.8 Å². The third-order valence-corrected chi connectivity index (χ3v) is 6.65. The van der Waals surface area contributed by atoms with Gasteiger partial charge >= 0.3 is 0 Å². The molecule has 1 saturated heterocycles. The summed E-state index contributed by atoms with van der Waals surface area (Å²) in [5, 5.41) is 0.0879. The summed E-state index contributed by atoms with van der Waals surface area (Å²) in [6.07, 6.45) is 1.14. The van der Waals surface area contributed by atoms with Gasteiger partial charge in [0.25, 0.3) is 0 Å². The number of benzene rings is 2. The Morgan fingerprint density at radius 1 is 1.07 bits per heavy atom. The van der Waals surface area contributed by atoms with Crippen molar-refractivity contribution < 1.29 is 21.9 Å². The molecule has 5 nitrogen and oxygen atoms in total. The van der Waals surface area contributed by atoms with Crippen molar-refractivity contribution in [2.75, 3.05) is 31.2 Å². The average Bonchev–Trinajstić information content (AvgIpc) is 2.70. The van der Waals surface area contributed by atoms with Gasteiger partial charge in [-0.3, -0.25) is 4.98 Å². The third-order valence-electron chi connectivity index (χ3n) is 4.60. The molecule has 0 aliphatic carbocycles. The van der Waals surface area contributed by atoms with Gasteiger partial charge in [0.1, 0.15) is 22.0 Å². The number of sulfone groups is 1. The van der Waals surface area contributed by atoms with Crippen LogP contribution in [0.2, 0.25) is 5.02 Å². The second-order valence-electron chi connectivity index (χ2n) is 6.29. The molecule has 2 heterocycles. The number of pyridine rings is 1. The van der Waals surface area contributed by atoms with Gasteiger partial charge in [-0.05, 0) is 24.3 Å². The molecule has 0 unspecified atom stereocenters. The summed E-state index contributed by atoms with van der Waals surface area (Å²) in [6, 6.07) is 7.62. The molecule has 1 aromatic heterocycles. The molecule has 0 amide bonds. The molecule has 1 aliphatic heterocycles. The minimum atomic E-state index is -4.08. The van der Waals surface area contributed by atoms with Gasteiger partial charge in [0.15, 0.2) is 0 Å². The summed E-state index contributed by atoms with van der Waals surface area (Å²) in [7, 11) is -4.08. The number of fused-ring (bicyclic) bond motifs is 1. The number of anilines is 1. The predicted molar refractivity (Wildman–Crippen MR) is 102 cm³/mol. The number of halogens is 3. The number of rotatable bonds is 3. The van der Waals surface area contributed by atoms with Gasteiger partial charge in [-0.15, -0.1) is 0 Å². The fourth-order valence-corrected chi connectivity index (χ4v) is 4.94. The number of hydrogen-bond donors (Lipinski definition) is 0. The monoisotopic (exact) mass is 424 g/mol. The van der Waals surface area contributed by atoms with Crippen LogP contribution in [-0.2, 0) is 14.6 Å². The van der Waals surface area contributed by atoms with Crippen molar-refractivity contribution >= 4 is 38.0 Å². The molecule has 0 saturated carbocycles. The molecule has 0 atom stereocenters. The van der Waals surface area contributed by atoms with Crippen molar-refractivity contribution in [3.63, 3.8) is 0 Å². The fourth-order valence-electron chi connectivity index (χ4n) is 3.24. The summed E-state index contributed by atoms with van der Waals surface area (Å²) >= 11 is 5.78. The van der Waals surface area contributed by atoms with Crippen molar-refractivity contribution in [1.82, 2.24) is 4.98 Å². The van der Waals surface area contributed by atoms with E-state index >= 15 is 0 Å². The van der Waals surface area contributed by atoms with E-state index in [2.05, 4.69) is 4.98 Å². The molecule has 0 bridgehead atoms. The van der Waals surface area contributed by atoms with E-state index in [-0.39, 0.29) is 20.3 Å². The zero-order valence-electron chi connectivity index (χ0n) is 14.5. The highest BCUT2D eigenvalue weighted by Crippen LogP contribution is 2.37. The van der Waals surface area contributed by atoms with Crippen LogP contribution in [0.15, 0.2) is 52.4 Å². The lowest BCUT2D eigenvalue weighted by atomic mass is 10.1. The number of nitrogens with zero attached hydrogens (tertiary/aromatic N) is 2. The van der Waals surface area contributed by atoms with Crippen LogP contribution in [0.3, 0.4) is 0 Å². The molecule has 2 aromatic carbocycles. The van der Waals surface area contributed by atoms with Crippen LogP contribution >= 0.6 is 11.6 Å². The maximum Gasteiger partial charge on any atom is 0.210 e. The van der Waals surface area contributed by atoms with Crippen LogP contribution in [0.1, 0.15) is 0 Å². The van der Waals surface area contributed by atoms with E-state index in [0.29, 0.717) is 37.4 Å². The molecule has 3 aromatic rings. The van der Waals surface area contributed by atoms with Crippen LogP contribution in [0, 0.1) is 11.6 Å². The van der Waals surface area contributed by atoms with Crippen LogP contribution < -0.4 is 4.90 Å². The van der Waals surface area contributed by atoms with Crippen LogP contribution in [0.4, 0.5) is 14.5 Å². The second kappa shape index (κ2) is 7.27. The normalized spacial score (nSPS) is 15.2. The predicted octanol–water partition coefficient (Wildman–Crippen LogP) is 3.84. The zero-order valence-corrected chi connectivity index (χ0v) is 16.1. The molecule has 0 N–H and O–H groups in total. The number of hydrogen-bond acceptors (Lipinski definition) is 5. The van der Waals surface area contributed by atoms with Gasteiger partial charge in [-0.2, -0.15) is 0 Å². The second-order valence-corrected chi connectivity index (χ2v) is 8.61. The minimum absolute atomic E-state index is 0.0834. The Balaban J connectivity index is 1.99. The maximum atomic E-state index is 14.3. The molecule has 146 valence electrons. The lowest BCUT2D eigenvalue weighted by Crippen LogP contribution is -2.37. The van der Waals surface area contributed by atoms with Gasteiger partial charge < -0.3 is 9.64 Å². The topological polar surface area (TPSA) is 59.5 Å². The first-order valence-electron chi connectivity index (χ1n) is 8.49. The molecule has 4 rings (SSSR count). The van der Waals surface area contributed by atoms with E-state index < -0.39 is 21.5 Å². The highest BCUT2D eigenvalue weighted by molar-refractivity contribution is 7.91. The number of para-hydroxylation sites is 1. The van der Waals surface area contributed by atoms with Crippen molar-refractivity contribution in [1.29, 1.82) is 0 Å². The number of ether oxygens (including phenoxy) is 1. The summed E-state index contributed by atoms with van der Waals surface area (Å²) in [5.41, 5.74) is 0.438. The van der Waals surface area contributed by atoms with E-state index in [4.69, 9.17) is 16.3 Å². The van der Waals surface area contributed by atoms with E-state index in [0.717, 1.165) is 24.4 Å². The van der Waals surface area contributed by atoms with Crippen LogP contribution in [0.25, 0.3) is 10.9 Å². The highest BCUT2D eigenvalue weighted by atomic mass is 35.5. The first-order chi connectivity index (χ1) is 13.4. The Hall–Kier alpha value is -2.29. The van der Waals surface area contributed by atoms with Gasteiger partial charge in [-0.25, -0.2) is 17.2 Å². The minimum Gasteiger partial charge on any atom is -0.378 e. The Morgan fingerprint density at radius 2 is 1.82 bits per heavy atom. The molecule has 0 spiro atoms. The Bertz CT molecular complexity index is 1170. The largest absolute Gasteiger partial charge is 0.378 e. The van der Waals surface area contributed by atoms with Crippen molar-refractivity contribution in [3.05, 3.63) is 59.3 Å². The smallest absolute Gasteiger partial charge is 0.210 e. The molecular formula is C19H15ClF2N2O3S. The van der Waals surface area contributed by atoms with Crippen LogP contribution in [0.5, 0.6) is 0 Å². The van der Waals surface area contributed by atoms with Gasteiger partial charge in [-0.1, -0.05) is 23.7 Å². The third kappa shape index (κ3) is 3.21. The molecule has 0 radical (unpaired) electrons. The van der Waals surface area contributed by atoms with Crippen molar-refractivity contribution in [2.45, 2.75) is 9.79 Å². The van der Waals surface area contributed by atoms with Gasteiger partial charge in [0.2, 0.25) is 9.84 Å². The Kier molecular flexibility index (Phi) is 4.95. The highest BCUT2D eigenvalue weighted by Gasteiger charge is 2.28. The number of aromatic nitrogens is 1. The number of morpholine rings is 1. The molecule has 1 fully saturated rings. The lowest BCUT2D eigenvalue weighted by molar-refractivity contribution is 0.122. The maximum absolute atomic E-state index is 14.3. The Morgan fingerprint density at radius 3 is 2.54 bits per heavy atom. The van der Waals surface area contributed by atoms with Gasteiger partial charge in [0, 0.05) is 24.7 Å². The first-order valence-corrected chi connectivity index (χ1v) is 10.4. The quantitative estimate of drug-likeness (QED) is 0.598. The summed E-state index contributed by atoms with van der Waals surface area (Å²) in [4.78, 5) is 5.64. The van der Waals surface area contributed by atoms with Crippen molar-refractivity contribution in [2.24, 2.45) is 0 Å². The van der Waals surface area contributed by atoms with E-state index in [1.165, 1.54) is 12.1 Å². The molecule has 28 heavy (non-hydrogen) atoms. The van der Waals surface area contributed by atoms with Crippen molar-refractivity contribution in [3.8, 4) is 0 Å². The molecule has 1 aliphatic rings. The fraction of sp³-hybridized carbons (Fsp3) is 0.211. The SMILES string of the molecule is O=S(=O)(c1ccc(F)c(Cl)c1)c1cnc2c(F)cccc2c1N1CCOCC1. The standard InChI is InChI=1S/C19H15ClF2N2O3S/c20-14-10-12(4-5-15(14)21)28(25,26)17-11-23-18-13(2-1-3-16(18)22)19(17)24-6-8-27-9-7-24/h1-5,10-11H,6-9H2. The molecule has 9 heteroatoms. The summed E-state index contributed by atoms with van der Waals surface area (Å²) < 4.78 is 59.8. The summed E-state index contributed by atoms with van der Waals surface area (Å²) in [5.74, 6) is -1.26. The molecular weight excluding hydrogens is 410 g/mol. The average molecular weight is 425 g/mol. The lowest BCUT2D eigenvalue weighted by Gasteiger charge is -2.31. The van der Waals surface area contributed by atoms with E-state index in [1.807, 2.05) is 4.90 Å². The van der Waals surface area contributed by atoms with Crippen LogP contribution in [-0.4, -0.2) is 39.7 Å². The summed E-state index contributed by atoms with van der Waals surface area (Å²) in [6.45, 7) is 1.73. The zero-order chi connectivity index (χ0) is 19.9.